The molecule has 1 aliphatic heterocycles. The van der Waals surface area contributed by atoms with Crippen molar-refractivity contribution < 1.29 is 4.39 Å². The van der Waals surface area contributed by atoms with E-state index in [-0.39, 0.29) is 17.3 Å². The second-order valence-electron chi connectivity index (χ2n) is 10.1. The number of anilines is 3. The number of benzene rings is 2. The van der Waals surface area contributed by atoms with Crippen molar-refractivity contribution in [1.82, 2.24) is 24.4 Å². The maximum Gasteiger partial charge on any atom is 0.260 e. The first kappa shape index (κ1) is 26.9. The van der Waals surface area contributed by atoms with Gasteiger partial charge in [-0.3, -0.25) is 14.3 Å². The van der Waals surface area contributed by atoms with E-state index in [1.807, 2.05) is 43.3 Å². The van der Waals surface area contributed by atoms with Crippen molar-refractivity contribution in [3.8, 4) is 22.3 Å². The standard InChI is InChI=1S/C31H29ClFN7O/c1-3-40-29-22(15-25(30(40)41)24-8-6-20(16-26(24)32)21-5-4-10-34-18-21)19-35-31(37-29)36-23-7-9-28(27(33)17-23)39-13-11-38(2)12-14-39/h4-10,15-19H,3,11-14H2,1-2H3,(H,35,36,37). The highest BCUT2D eigenvalue weighted by Crippen LogP contribution is 2.32. The zero-order valence-electron chi connectivity index (χ0n) is 22.8. The maximum absolute atomic E-state index is 15.0. The zero-order chi connectivity index (χ0) is 28.5. The summed E-state index contributed by atoms with van der Waals surface area (Å²) in [5.74, 6) is -0.0284. The van der Waals surface area contributed by atoms with E-state index in [0.29, 0.717) is 45.1 Å². The zero-order valence-corrected chi connectivity index (χ0v) is 23.6. The number of hydrogen-bond acceptors (Lipinski definition) is 7. The van der Waals surface area contributed by atoms with Crippen molar-refractivity contribution in [2.75, 3.05) is 43.4 Å². The minimum absolute atomic E-state index is 0.205. The van der Waals surface area contributed by atoms with Crippen LogP contribution in [-0.4, -0.2) is 57.6 Å². The third-order valence-corrected chi connectivity index (χ3v) is 7.76. The summed E-state index contributed by atoms with van der Waals surface area (Å²) in [4.78, 5) is 31.1. The molecule has 3 aromatic heterocycles. The molecular formula is C31H29ClFN7O. The fourth-order valence-corrected chi connectivity index (χ4v) is 5.45. The van der Waals surface area contributed by atoms with Gasteiger partial charge in [-0.15, -0.1) is 0 Å². The van der Waals surface area contributed by atoms with Crippen molar-refractivity contribution in [3.05, 3.63) is 94.4 Å². The molecule has 1 N–H and O–H groups in total. The van der Waals surface area contributed by atoms with Crippen LogP contribution in [0.15, 0.2) is 78.0 Å². The molecule has 0 unspecified atom stereocenters. The van der Waals surface area contributed by atoms with Gasteiger partial charge in [-0.2, -0.15) is 4.98 Å². The topological polar surface area (TPSA) is 79.2 Å². The molecule has 1 saturated heterocycles. The van der Waals surface area contributed by atoms with Gasteiger partial charge in [-0.05, 0) is 55.9 Å². The van der Waals surface area contributed by atoms with Gasteiger partial charge < -0.3 is 15.1 Å². The first-order valence-electron chi connectivity index (χ1n) is 13.5. The van der Waals surface area contributed by atoms with E-state index in [4.69, 9.17) is 11.6 Å². The van der Waals surface area contributed by atoms with E-state index in [0.717, 1.165) is 37.3 Å². The molecule has 0 saturated carbocycles. The normalized spacial score (nSPS) is 14.0. The van der Waals surface area contributed by atoms with Gasteiger partial charge in [-0.25, -0.2) is 9.37 Å². The number of piperazine rings is 1. The van der Waals surface area contributed by atoms with Crippen LogP contribution in [0.2, 0.25) is 5.02 Å². The highest BCUT2D eigenvalue weighted by atomic mass is 35.5. The second kappa shape index (κ2) is 11.3. The Morgan fingerprint density at radius 3 is 2.51 bits per heavy atom. The molecule has 41 heavy (non-hydrogen) atoms. The van der Waals surface area contributed by atoms with Crippen LogP contribution in [-0.2, 0) is 6.54 Å². The van der Waals surface area contributed by atoms with E-state index in [2.05, 4.69) is 37.1 Å². The summed E-state index contributed by atoms with van der Waals surface area (Å²) in [5, 5.41) is 4.25. The van der Waals surface area contributed by atoms with Crippen LogP contribution < -0.4 is 15.8 Å². The molecule has 5 aromatic rings. The van der Waals surface area contributed by atoms with Crippen LogP contribution in [0.4, 0.5) is 21.7 Å². The first-order chi connectivity index (χ1) is 19.9. The lowest BCUT2D eigenvalue weighted by molar-refractivity contribution is 0.311. The largest absolute Gasteiger partial charge is 0.367 e. The number of pyridine rings is 2. The van der Waals surface area contributed by atoms with Crippen LogP contribution in [0.1, 0.15) is 6.92 Å². The molecule has 0 spiro atoms. The molecule has 0 amide bonds. The van der Waals surface area contributed by atoms with Crippen LogP contribution in [0.3, 0.4) is 0 Å². The summed E-state index contributed by atoms with van der Waals surface area (Å²) >= 11 is 6.68. The second-order valence-corrected chi connectivity index (χ2v) is 10.5. The average molecular weight is 570 g/mol. The molecule has 1 aliphatic rings. The van der Waals surface area contributed by atoms with Gasteiger partial charge in [0.15, 0.2) is 0 Å². The lowest BCUT2D eigenvalue weighted by Gasteiger charge is -2.34. The Bertz CT molecular complexity index is 1790. The molecule has 4 heterocycles. The van der Waals surface area contributed by atoms with E-state index in [9.17, 15) is 4.79 Å². The molecule has 10 heteroatoms. The van der Waals surface area contributed by atoms with Crippen molar-refractivity contribution in [1.29, 1.82) is 0 Å². The van der Waals surface area contributed by atoms with Crippen molar-refractivity contribution in [2.45, 2.75) is 13.5 Å². The minimum Gasteiger partial charge on any atom is -0.367 e. The number of hydrogen-bond donors (Lipinski definition) is 1. The predicted molar refractivity (Wildman–Crippen MR) is 163 cm³/mol. The van der Waals surface area contributed by atoms with Gasteiger partial charge in [0.1, 0.15) is 11.5 Å². The number of aryl methyl sites for hydroxylation is 1. The van der Waals surface area contributed by atoms with E-state index in [1.165, 1.54) is 6.07 Å². The van der Waals surface area contributed by atoms with Crippen LogP contribution in [0, 0.1) is 5.82 Å². The molecule has 1 fully saturated rings. The van der Waals surface area contributed by atoms with Gasteiger partial charge in [0.25, 0.3) is 5.56 Å². The smallest absolute Gasteiger partial charge is 0.260 e. The number of likely N-dealkylation sites (N-methyl/N-ethyl adjacent to an activating group) is 1. The third kappa shape index (κ3) is 5.38. The molecule has 2 aromatic carbocycles. The van der Waals surface area contributed by atoms with Gasteiger partial charge in [0.2, 0.25) is 5.95 Å². The van der Waals surface area contributed by atoms with Gasteiger partial charge in [0, 0.05) is 84.1 Å². The number of aromatic nitrogens is 4. The first-order valence-corrected chi connectivity index (χ1v) is 13.9. The third-order valence-electron chi connectivity index (χ3n) is 7.45. The molecule has 6 rings (SSSR count). The number of rotatable bonds is 6. The lowest BCUT2D eigenvalue weighted by Crippen LogP contribution is -2.44. The minimum atomic E-state index is -0.304. The SMILES string of the molecule is CCn1c(=O)c(-c2ccc(-c3cccnc3)cc2Cl)cc2cnc(Nc3ccc(N4CCN(C)CC4)c(F)c3)nc21. The Kier molecular flexibility index (Phi) is 7.38. The summed E-state index contributed by atoms with van der Waals surface area (Å²) in [7, 11) is 2.07. The van der Waals surface area contributed by atoms with Crippen LogP contribution >= 0.6 is 11.6 Å². The lowest BCUT2D eigenvalue weighted by atomic mass is 10.0. The molecular weight excluding hydrogens is 541 g/mol. The molecule has 0 atom stereocenters. The Balaban J connectivity index is 1.30. The molecule has 0 bridgehead atoms. The summed E-state index contributed by atoms with van der Waals surface area (Å²) in [6.45, 7) is 5.65. The average Bonchev–Trinajstić information content (AvgIpc) is 2.98. The fourth-order valence-electron chi connectivity index (χ4n) is 5.17. The summed E-state index contributed by atoms with van der Waals surface area (Å²) in [5.41, 5.74) is 4.34. The highest BCUT2D eigenvalue weighted by Gasteiger charge is 2.19. The van der Waals surface area contributed by atoms with E-state index in [1.54, 1.807) is 35.3 Å². The van der Waals surface area contributed by atoms with Gasteiger partial charge in [-0.1, -0.05) is 29.8 Å². The molecule has 8 nitrogen and oxygen atoms in total. The van der Waals surface area contributed by atoms with E-state index < -0.39 is 0 Å². The Morgan fingerprint density at radius 2 is 1.80 bits per heavy atom. The van der Waals surface area contributed by atoms with Gasteiger partial charge in [0.05, 0.1) is 5.69 Å². The van der Waals surface area contributed by atoms with Crippen LogP contribution in [0.25, 0.3) is 33.3 Å². The number of nitrogens with zero attached hydrogens (tertiary/aromatic N) is 6. The highest BCUT2D eigenvalue weighted by molar-refractivity contribution is 6.33. The number of fused-ring (bicyclic) bond motifs is 1. The quantitative estimate of drug-likeness (QED) is 0.276. The van der Waals surface area contributed by atoms with Crippen molar-refractivity contribution in [2.24, 2.45) is 0 Å². The molecule has 0 radical (unpaired) electrons. The fraction of sp³-hybridized carbons (Fsp3) is 0.226. The molecule has 0 aliphatic carbocycles. The summed E-state index contributed by atoms with van der Waals surface area (Å²) in [6.07, 6.45) is 5.14. The van der Waals surface area contributed by atoms with E-state index >= 15 is 4.39 Å². The summed E-state index contributed by atoms with van der Waals surface area (Å²) < 4.78 is 16.6. The van der Waals surface area contributed by atoms with Gasteiger partial charge >= 0.3 is 0 Å². The van der Waals surface area contributed by atoms with Crippen molar-refractivity contribution in [3.63, 3.8) is 0 Å². The Labute approximate surface area is 242 Å². The predicted octanol–water partition coefficient (Wildman–Crippen LogP) is 5.83. The number of halogens is 2. The molecule has 208 valence electrons. The van der Waals surface area contributed by atoms with Crippen molar-refractivity contribution >= 4 is 40.0 Å². The van der Waals surface area contributed by atoms with Crippen LogP contribution in [0.5, 0.6) is 0 Å². The monoisotopic (exact) mass is 569 g/mol. The number of nitrogens with one attached hydrogen (secondary N) is 1. The summed E-state index contributed by atoms with van der Waals surface area (Å²) in [6, 6.07) is 16.3. The Hall–Kier alpha value is -4.34. The maximum atomic E-state index is 15.0. The Morgan fingerprint density at radius 1 is 0.976 bits per heavy atom.